The number of nitrogens with one attached hydrogen (secondary N) is 1. The Kier molecular flexibility index (Phi) is 4.65. The Hall–Kier alpha value is -2.75. The Labute approximate surface area is 159 Å². The normalized spacial score (nSPS) is 22.9. The summed E-state index contributed by atoms with van der Waals surface area (Å²) in [4.78, 5) is 11.3. The van der Waals surface area contributed by atoms with E-state index >= 15 is 0 Å². The molecule has 0 unspecified atom stereocenters. The van der Waals surface area contributed by atoms with Crippen LogP contribution in [0.15, 0.2) is 54.6 Å². The van der Waals surface area contributed by atoms with Gasteiger partial charge in [-0.25, -0.2) is 4.79 Å². The summed E-state index contributed by atoms with van der Waals surface area (Å²) in [7, 11) is 0. The molecule has 3 atom stereocenters. The molecule has 140 valence electrons. The molecule has 0 radical (unpaired) electrons. The summed E-state index contributed by atoms with van der Waals surface area (Å²) in [6.07, 6.45) is 5.43. The lowest BCUT2D eigenvalue weighted by molar-refractivity contribution is 0.0696. The van der Waals surface area contributed by atoms with Gasteiger partial charge in [0.05, 0.1) is 18.2 Å². The van der Waals surface area contributed by atoms with Crippen molar-refractivity contribution in [3.05, 3.63) is 71.3 Å². The largest absolute Gasteiger partial charge is 0.493 e. The van der Waals surface area contributed by atoms with Crippen molar-refractivity contribution in [3.63, 3.8) is 0 Å². The van der Waals surface area contributed by atoms with Gasteiger partial charge in [-0.15, -0.1) is 0 Å². The number of benzene rings is 2. The van der Waals surface area contributed by atoms with Crippen molar-refractivity contribution < 1.29 is 14.6 Å². The van der Waals surface area contributed by atoms with Crippen molar-refractivity contribution in [1.82, 2.24) is 0 Å². The van der Waals surface area contributed by atoms with Crippen LogP contribution in [0.2, 0.25) is 0 Å². The molecular weight excluding hydrogens is 338 g/mol. The number of ether oxygens (including phenoxy) is 1. The van der Waals surface area contributed by atoms with E-state index < -0.39 is 5.97 Å². The van der Waals surface area contributed by atoms with Gasteiger partial charge in [0.2, 0.25) is 0 Å². The summed E-state index contributed by atoms with van der Waals surface area (Å²) in [5, 5.41) is 13.0. The number of carboxylic acids is 1. The Bertz CT molecular complexity index is 870. The highest BCUT2D eigenvalue weighted by molar-refractivity contribution is 5.89. The second-order valence-corrected chi connectivity index (χ2v) is 7.86. The van der Waals surface area contributed by atoms with Gasteiger partial charge in [0.1, 0.15) is 5.75 Å². The van der Waals surface area contributed by atoms with Crippen molar-refractivity contribution in [2.45, 2.75) is 32.2 Å². The van der Waals surface area contributed by atoms with Crippen LogP contribution in [-0.4, -0.2) is 17.7 Å². The predicted octanol–water partition coefficient (Wildman–Crippen LogP) is 5.25. The van der Waals surface area contributed by atoms with E-state index in [0.29, 0.717) is 17.4 Å². The molecule has 1 heterocycles. The van der Waals surface area contributed by atoms with Gasteiger partial charge in [0.25, 0.3) is 0 Å². The van der Waals surface area contributed by atoms with E-state index in [0.717, 1.165) is 30.0 Å². The molecule has 2 aromatic rings. The summed E-state index contributed by atoms with van der Waals surface area (Å²) in [5.74, 6) is 1.17. The lowest BCUT2D eigenvalue weighted by atomic mass is 9.76. The van der Waals surface area contributed by atoms with E-state index in [-0.39, 0.29) is 12.0 Å². The molecule has 0 bridgehead atoms. The number of carbonyl (C=O) groups is 1. The third kappa shape index (κ3) is 3.44. The highest BCUT2D eigenvalue weighted by Crippen LogP contribution is 2.50. The van der Waals surface area contributed by atoms with Gasteiger partial charge >= 0.3 is 5.97 Å². The smallest absolute Gasteiger partial charge is 0.335 e. The zero-order valence-electron chi connectivity index (χ0n) is 15.7. The summed E-state index contributed by atoms with van der Waals surface area (Å²) in [5.41, 5.74) is 3.69. The maximum atomic E-state index is 11.3. The molecular formula is C23H25NO3. The number of aromatic carboxylic acids is 1. The maximum Gasteiger partial charge on any atom is 0.335 e. The minimum atomic E-state index is -0.879. The highest BCUT2D eigenvalue weighted by Gasteiger charge is 2.38. The number of fused-ring (bicyclic) bond motifs is 3. The molecule has 0 amide bonds. The topological polar surface area (TPSA) is 58.6 Å². The molecule has 4 rings (SSSR count). The fourth-order valence-electron chi connectivity index (χ4n) is 4.09. The maximum absolute atomic E-state index is 11.3. The second-order valence-electron chi connectivity index (χ2n) is 7.86. The van der Waals surface area contributed by atoms with Crippen LogP contribution in [0.1, 0.15) is 53.7 Å². The Morgan fingerprint density at radius 3 is 2.70 bits per heavy atom. The fourth-order valence-corrected chi connectivity index (χ4v) is 4.09. The monoisotopic (exact) mass is 363 g/mol. The zero-order valence-corrected chi connectivity index (χ0v) is 15.7. The van der Waals surface area contributed by atoms with Gasteiger partial charge < -0.3 is 15.2 Å². The van der Waals surface area contributed by atoms with Crippen LogP contribution in [0.3, 0.4) is 0 Å². The quantitative estimate of drug-likeness (QED) is 0.713. The third-order valence-electron chi connectivity index (χ3n) is 5.43. The number of hydrogen-bond acceptors (Lipinski definition) is 3. The fraction of sp³-hybridized carbons (Fsp3) is 0.348. The molecule has 0 aromatic heterocycles. The van der Waals surface area contributed by atoms with Crippen LogP contribution in [0.4, 0.5) is 5.69 Å². The molecule has 0 spiro atoms. The molecule has 1 aliphatic heterocycles. The molecule has 0 saturated carbocycles. The van der Waals surface area contributed by atoms with Crippen LogP contribution in [-0.2, 0) is 0 Å². The zero-order chi connectivity index (χ0) is 19.0. The minimum Gasteiger partial charge on any atom is -0.493 e. The number of hydrogen-bond donors (Lipinski definition) is 2. The van der Waals surface area contributed by atoms with E-state index in [9.17, 15) is 9.90 Å². The summed E-state index contributed by atoms with van der Waals surface area (Å²) in [6, 6.07) is 13.9. The highest BCUT2D eigenvalue weighted by atomic mass is 16.5. The van der Waals surface area contributed by atoms with E-state index in [2.05, 4.69) is 43.4 Å². The van der Waals surface area contributed by atoms with Crippen molar-refractivity contribution in [2.75, 3.05) is 11.9 Å². The van der Waals surface area contributed by atoms with E-state index in [1.54, 1.807) is 6.07 Å². The Morgan fingerprint density at radius 1 is 1.22 bits per heavy atom. The van der Waals surface area contributed by atoms with Crippen LogP contribution < -0.4 is 10.1 Å². The van der Waals surface area contributed by atoms with Crippen molar-refractivity contribution in [3.8, 4) is 5.75 Å². The lowest BCUT2D eigenvalue weighted by Crippen LogP contribution is -2.29. The summed E-state index contributed by atoms with van der Waals surface area (Å²) in [6.45, 7) is 5.00. The second kappa shape index (κ2) is 7.10. The first-order valence-electron chi connectivity index (χ1n) is 9.56. The van der Waals surface area contributed by atoms with Crippen molar-refractivity contribution in [2.24, 2.45) is 11.8 Å². The van der Waals surface area contributed by atoms with E-state index in [1.165, 1.54) is 5.56 Å². The molecule has 2 aliphatic rings. The van der Waals surface area contributed by atoms with Crippen LogP contribution in [0.5, 0.6) is 5.75 Å². The third-order valence-corrected chi connectivity index (χ3v) is 5.43. The predicted molar refractivity (Wildman–Crippen MR) is 107 cm³/mol. The summed E-state index contributed by atoms with van der Waals surface area (Å²) >= 11 is 0. The van der Waals surface area contributed by atoms with E-state index in [1.807, 2.05) is 24.3 Å². The van der Waals surface area contributed by atoms with Gasteiger partial charge in [0, 0.05) is 11.6 Å². The first kappa shape index (κ1) is 17.7. The molecule has 0 fully saturated rings. The van der Waals surface area contributed by atoms with Crippen LogP contribution >= 0.6 is 0 Å². The van der Waals surface area contributed by atoms with Crippen molar-refractivity contribution >= 4 is 11.7 Å². The first-order chi connectivity index (χ1) is 13.0. The average molecular weight is 363 g/mol. The number of rotatable bonds is 5. The van der Waals surface area contributed by atoms with E-state index in [4.69, 9.17) is 4.74 Å². The van der Waals surface area contributed by atoms with Gasteiger partial charge in [-0.1, -0.05) is 38.1 Å². The van der Waals surface area contributed by atoms with Crippen LogP contribution in [0.25, 0.3) is 0 Å². The van der Waals surface area contributed by atoms with Gasteiger partial charge in [-0.2, -0.15) is 0 Å². The molecule has 2 N–H and O–H groups in total. The minimum absolute atomic E-state index is 0.201. The van der Waals surface area contributed by atoms with Crippen molar-refractivity contribution in [1.29, 1.82) is 0 Å². The number of allylic oxidation sites excluding steroid dienone is 2. The van der Waals surface area contributed by atoms with Gasteiger partial charge in [-0.3, -0.25) is 0 Å². The lowest BCUT2D eigenvalue weighted by Gasteiger charge is -2.37. The molecule has 0 saturated heterocycles. The van der Waals surface area contributed by atoms with Gasteiger partial charge in [0.15, 0.2) is 0 Å². The molecule has 4 heteroatoms. The number of carboxylic acid groups (broad SMARTS) is 1. The Morgan fingerprint density at radius 2 is 2.00 bits per heavy atom. The van der Waals surface area contributed by atoms with Gasteiger partial charge in [-0.05, 0) is 59.7 Å². The first-order valence-corrected chi connectivity index (χ1v) is 9.56. The molecule has 2 aromatic carbocycles. The molecule has 4 nitrogen and oxygen atoms in total. The molecule has 27 heavy (non-hydrogen) atoms. The molecule has 1 aliphatic carbocycles. The standard InChI is InChI=1S/C23H25NO3/c1-14(2)13-27-17-9-6-15(7-10-17)22-19-5-3-4-18(19)20-12-16(23(25)26)8-11-21(20)24-22/h3-4,6-12,14,18-19,22,24H,5,13H2,1-2H3,(H,25,26)/t18-,19+,22+/m1/s1. The summed E-state index contributed by atoms with van der Waals surface area (Å²) < 4.78 is 5.80. The average Bonchev–Trinajstić information content (AvgIpc) is 3.16. The number of anilines is 1. The Balaban J connectivity index is 1.61. The van der Waals surface area contributed by atoms with Crippen LogP contribution in [0, 0.1) is 11.8 Å². The SMILES string of the molecule is CC(C)COc1ccc([C@@H]2Nc3ccc(C(=O)O)cc3[C@@H]3C=CC[C@@H]32)cc1.